The molecule has 0 saturated carbocycles. The van der Waals surface area contributed by atoms with Crippen LogP contribution < -0.4 is 0 Å². The van der Waals surface area contributed by atoms with E-state index in [4.69, 9.17) is 4.74 Å². The third kappa shape index (κ3) is 12.1. The van der Waals surface area contributed by atoms with E-state index in [2.05, 4.69) is 25.7 Å². The minimum atomic E-state index is -0.173. The summed E-state index contributed by atoms with van der Waals surface area (Å²) in [6, 6.07) is 0. The number of carbonyl (C=O) groups is 1. The maximum absolute atomic E-state index is 11.9. The third-order valence-electron chi connectivity index (χ3n) is 4.40. The zero-order chi connectivity index (χ0) is 17.3. The summed E-state index contributed by atoms with van der Waals surface area (Å²) >= 11 is 0. The molecule has 0 rings (SSSR count). The maximum Gasteiger partial charge on any atom is 0.335 e. The van der Waals surface area contributed by atoms with E-state index in [0.29, 0.717) is 0 Å². The molecular weight excluding hydrogens is 286 g/mol. The summed E-state index contributed by atoms with van der Waals surface area (Å²) in [7, 11) is 1.47. The Morgan fingerprint density at radius 2 is 1.30 bits per heavy atom. The van der Waals surface area contributed by atoms with Crippen molar-refractivity contribution in [3.05, 3.63) is 11.8 Å². The molecule has 0 radical (unpaired) electrons. The molecular formula is C20H39NO2. The first-order valence-electron chi connectivity index (χ1n) is 9.72. The summed E-state index contributed by atoms with van der Waals surface area (Å²) in [5.74, 6) is -0.173. The zero-order valence-corrected chi connectivity index (χ0v) is 16.0. The highest BCUT2D eigenvalue weighted by atomic mass is 16.5. The monoisotopic (exact) mass is 325 g/mol. The lowest BCUT2D eigenvalue weighted by atomic mass is 10.0. The van der Waals surface area contributed by atoms with Crippen molar-refractivity contribution in [2.75, 3.05) is 20.2 Å². The van der Waals surface area contributed by atoms with Crippen molar-refractivity contribution in [1.82, 2.24) is 4.90 Å². The first kappa shape index (κ1) is 22.0. The number of hydrogen-bond donors (Lipinski definition) is 0. The molecule has 136 valence electrons. The smallest absolute Gasteiger partial charge is 0.335 e. The molecule has 3 nitrogen and oxygen atoms in total. The third-order valence-corrected chi connectivity index (χ3v) is 4.40. The number of esters is 1. The molecule has 3 heteroatoms. The largest absolute Gasteiger partial charge is 0.466 e. The molecule has 0 unspecified atom stereocenters. The number of hydrogen-bond acceptors (Lipinski definition) is 3. The van der Waals surface area contributed by atoms with Crippen LogP contribution >= 0.6 is 0 Å². The van der Waals surface area contributed by atoms with Gasteiger partial charge in [0.25, 0.3) is 0 Å². The Balaban J connectivity index is 3.85. The van der Waals surface area contributed by atoms with Crippen molar-refractivity contribution in [2.45, 2.75) is 91.4 Å². The van der Waals surface area contributed by atoms with Gasteiger partial charge in [0.2, 0.25) is 0 Å². The molecule has 0 aromatic carbocycles. The fourth-order valence-corrected chi connectivity index (χ4v) is 2.78. The van der Waals surface area contributed by atoms with Gasteiger partial charge in [-0.3, -0.25) is 0 Å². The van der Waals surface area contributed by atoms with Gasteiger partial charge in [-0.15, -0.1) is 0 Å². The highest BCUT2D eigenvalue weighted by Gasteiger charge is 2.10. The van der Waals surface area contributed by atoms with Crippen molar-refractivity contribution in [3.8, 4) is 0 Å². The summed E-state index contributed by atoms with van der Waals surface area (Å²) in [6.07, 6.45) is 16.0. The van der Waals surface area contributed by atoms with Crippen LogP contribution in [0.5, 0.6) is 0 Å². The minimum Gasteiger partial charge on any atom is -0.466 e. The molecule has 0 saturated heterocycles. The molecule has 0 amide bonds. The van der Waals surface area contributed by atoms with Crippen LogP contribution in [0.4, 0.5) is 0 Å². The number of methoxy groups -OCH3 is 1. The van der Waals surface area contributed by atoms with Crippen LogP contribution in [0.15, 0.2) is 11.8 Å². The lowest BCUT2D eigenvalue weighted by molar-refractivity contribution is -0.136. The van der Waals surface area contributed by atoms with Crippen LogP contribution in [0.2, 0.25) is 0 Å². The van der Waals surface area contributed by atoms with Crippen molar-refractivity contribution in [2.24, 2.45) is 0 Å². The summed E-state index contributed by atoms with van der Waals surface area (Å²) in [5, 5.41) is 0. The van der Waals surface area contributed by atoms with Crippen LogP contribution in [0.3, 0.4) is 0 Å². The first-order chi connectivity index (χ1) is 11.2. The summed E-state index contributed by atoms with van der Waals surface area (Å²) in [4.78, 5) is 14.0. The Kier molecular flexibility index (Phi) is 15.2. The van der Waals surface area contributed by atoms with Gasteiger partial charge in [0.15, 0.2) is 0 Å². The van der Waals surface area contributed by atoms with Gasteiger partial charge in [-0.1, -0.05) is 64.7 Å². The lowest BCUT2D eigenvalue weighted by Crippen LogP contribution is -2.18. The SMILES string of the molecule is CCCCCCCCCCCCC(=CN(CC)CC)C(=O)OC. The molecule has 0 aromatic heterocycles. The second kappa shape index (κ2) is 15.9. The predicted molar refractivity (Wildman–Crippen MR) is 99.5 cm³/mol. The quantitative estimate of drug-likeness (QED) is 0.220. The second-order valence-corrected chi connectivity index (χ2v) is 6.30. The van der Waals surface area contributed by atoms with Gasteiger partial charge in [0.05, 0.1) is 12.7 Å². The molecule has 23 heavy (non-hydrogen) atoms. The number of carbonyl (C=O) groups excluding carboxylic acids is 1. The van der Waals surface area contributed by atoms with Crippen LogP contribution in [0, 0.1) is 0 Å². The molecule has 0 bridgehead atoms. The van der Waals surface area contributed by atoms with Crippen molar-refractivity contribution in [1.29, 1.82) is 0 Å². The zero-order valence-electron chi connectivity index (χ0n) is 16.0. The van der Waals surface area contributed by atoms with E-state index in [1.54, 1.807) is 0 Å². The minimum absolute atomic E-state index is 0.173. The first-order valence-corrected chi connectivity index (χ1v) is 9.72. The Hall–Kier alpha value is -0.990. The fourth-order valence-electron chi connectivity index (χ4n) is 2.78. The average molecular weight is 326 g/mol. The lowest BCUT2D eigenvalue weighted by Gasteiger charge is -2.17. The molecule has 0 spiro atoms. The normalized spacial score (nSPS) is 11.6. The van der Waals surface area contributed by atoms with Gasteiger partial charge >= 0.3 is 5.97 Å². The number of unbranched alkanes of at least 4 members (excludes halogenated alkanes) is 9. The van der Waals surface area contributed by atoms with E-state index in [-0.39, 0.29) is 5.97 Å². The van der Waals surface area contributed by atoms with E-state index in [1.165, 1.54) is 64.9 Å². The fraction of sp³-hybridized carbons (Fsp3) is 0.850. The van der Waals surface area contributed by atoms with E-state index < -0.39 is 0 Å². The molecule has 0 fully saturated rings. The maximum atomic E-state index is 11.9. The Bertz CT molecular complexity index is 309. The van der Waals surface area contributed by atoms with Crippen LogP contribution in [0.1, 0.15) is 91.4 Å². The van der Waals surface area contributed by atoms with Crippen molar-refractivity contribution in [3.63, 3.8) is 0 Å². The number of nitrogens with zero attached hydrogens (tertiary/aromatic N) is 1. The summed E-state index contributed by atoms with van der Waals surface area (Å²) in [6.45, 7) is 8.33. The van der Waals surface area contributed by atoms with Gasteiger partial charge < -0.3 is 9.64 Å². The van der Waals surface area contributed by atoms with Crippen LogP contribution in [-0.2, 0) is 9.53 Å². The van der Waals surface area contributed by atoms with Crippen molar-refractivity contribution < 1.29 is 9.53 Å². The molecule has 0 aliphatic carbocycles. The topological polar surface area (TPSA) is 29.5 Å². The van der Waals surface area contributed by atoms with E-state index >= 15 is 0 Å². The number of rotatable bonds is 15. The average Bonchev–Trinajstić information content (AvgIpc) is 2.58. The van der Waals surface area contributed by atoms with Crippen molar-refractivity contribution >= 4 is 5.97 Å². The van der Waals surface area contributed by atoms with Crippen LogP contribution in [-0.4, -0.2) is 31.1 Å². The highest BCUT2D eigenvalue weighted by molar-refractivity contribution is 5.88. The van der Waals surface area contributed by atoms with Gasteiger partial charge in [-0.05, 0) is 26.7 Å². The van der Waals surface area contributed by atoms with E-state index in [0.717, 1.165) is 31.5 Å². The standard InChI is InChI=1S/C20H39NO2/c1-5-8-9-10-11-12-13-14-15-16-17-19(20(22)23-4)18-21(6-2)7-3/h18H,5-17H2,1-4H3. The molecule has 0 aliphatic rings. The van der Waals surface area contributed by atoms with Gasteiger partial charge in [0.1, 0.15) is 0 Å². The Morgan fingerprint density at radius 1 is 0.826 bits per heavy atom. The Labute approximate surface area is 144 Å². The van der Waals surface area contributed by atoms with Gasteiger partial charge in [-0.25, -0.2) is 4.79 Å². The van der Waals surface area contributed by atoms with Gasteiger partial charge in [0, 0.05) is 19.3 Å². The summed E-state index contributed by atoms with van der Waals surface area (Å²) in [5.41, 5.74) is 0.816. The Morgan fingerprint density at radius 3 is 1.74 bits per heavy atom. The van der Waals surface area contributed by atoms with E-state index in [9.17, 15) is 4.79 Å². The molecule has 0 aliphatic heterocycles. The van der Waals surface area contributed by atoms with Crippen LogP contribution in [0.25, 0.3) is 0 Å². The molecule has 0 aromatic rings. The molecule has 0 atom stereocenters. The predicted octanol–water partition coefficient (Wildman–Crippen LogP) is 5.70. The number of ether oxygens (including phenoxy) is 1. The second-order valence-electron chi connectivity index (χ2n) is 6.30. The highest BCUT2D eigenvalue weighted by Crippen LogP contribution is 2.15. The summed E-state index contributed by atoms with van der Waals surface area (Å²) < 4.78 is 4.91. The molecule has 0 heterocycles. The van der Waals surface area contributed by atoms with E-state index in [1.807, 2.05) is 6.20 Å². The van der Waals surface area contributed by atoms with Gasteiger partial charge in [-0.2, -0.15) is 0 Å². The molecule has 0 N–H and O–H groups in total.